The summed E-state index contributed by atoms with van der Waals surface area (Å²) in [5.41, 5.74) is 7.86. The van der Waals surface area contributed by atoms with E-state index < -0.39 is 60.4 Å². The number of nitrogens with zero attached hydrogens (tertiary/aromatic N) is 4. The maximum Gasteiger partial charge on any atom is 0.137 e. The molecular formula is C58H46N4O. The highest BCUT2D eigenvalue weighted by atomic mass is 16.5. The molecule has 8 aromatic carbocycles. The van der Waals surface area contributed by atoms with Crippen LogP contribution in [0.4, 0.5) is 22.7 Å². The molecule has 0 spiro atoms. The molecule has 0 saturated carbocycles. The molecule has 5 heteroatoms. The van der Waals surface area contributed by atoms with Crippen LogP contribution in [0.5, 0.6) is 11.5 Å². The summed E-state index contributed by atoms with van der Waals surface area (Å²) in [6.07, 6.45) is 1.87. The van der Waals surface area contributed by atoms with Crippen LogP contribution in [0.25, 0.3) is 61.0 Å². The molecule has 2 aromatic heterocycles. The number of benzene rings is 8. The van der Waals surface area contributed by atoms with E-state index in [0.29, 0.717) is 22.9 Å². The third kappa shape index (κ3) is 6.88. The number of pyridine rings is 1. The minimum Gasteiger partial charge on any atom is -0.457 e. The molecule has 0 unspecified atom stereocenters. The Bertz CT molecular complexity index is 3740. The van der Waals surface area contributed by atoms with Crippen molar-refractivity contribution < 1.29 is 18.4 Å². The molecule has 0 radical (unpaired) electrons. The van der Waals surface area contributed by atoms with Crippen LogP contribution in [-0.2, 0) is 5.41 Å². The number of rotatable bonds is 8. The van der Waals surface area contributed by atoms with Crippen molar-refractivity contribution in [1.29, 1.82) is 0 Å². The first-order chi connectivity index (χ1) is 35.0. The van der Waals surface area contributed by atoms with Crippen LogP contribution < -0.4 is 14.5 Å². The Kier molecular flexibility index (Phi) is 7.05. The van der Waals surface area contributed by atoms with Gasteiger partial charge in [0.15, 0.2) is 0 Å². The molecule has 1 aliphatic rings. The molecule has 11 rings (SSSR count). The first-order valence-corrected chi connectivity index (χ1v) is 20.8. The van der Waals surface area contributed by atoms with Gasteiger partial charge in [-0.15, -0.1) is 0 Å². The van der Waals surface area contributed by atoms with Crippen molar-refractivity contribution in [1.82, 2.24) is 9.55 Å². The van der Waals surface area contributed by atoms with Crippen molar-refractivity contribution >= 4 is 44.6 Å². The third-order valence-corrected chi connectivity index (χ3v) is 11.6. The van der Waals surface area contributed by atoms with Gasteiger partial charge in [-0.3, -0.25) is 4.57 Å². The van der Waals surface area contributed by atoms with Gasteiger partial charge in [0, 0.05) is 51.5 Å². The lowest BCUT2D eigenvalue weighted by atomic mass is 9.88. The van der Waals surface area contributed by atoms with Gasteiger partial charge in [0.25, 0.3) is 0 Å². The van der Waals surface area contributed by atoms with Crippen LogP contribution in [0.3, 0.4) is 0 Å². The van der Waals surface area contributed by atoms with Crippen LogP contribution in [0.15, 0.2) is 212 Å². The zero-order chi connectivity index (χ0) is 51.2. The second-order valence-electron chi connectivity index (χ2n) is 16.5. The van der Waals surface area contributed by atoms with Gasteiger partial charge in [0.1, 0.15) is 24.0 Å². The molecule has 0 aliphatic carbocycles. The third-order valence-electron chi connectivity index (χ3n) is 11.6. The number of para-hydroxylation sites is 4. The molecule has 0 fully saturated rings. The van der Waals surface area contributed by atoms with Gasteiger partial charge in [-0.05, 0) is 76.2 Å². The Morgan fingerprint density at radius 3 is 1.89 bits per heavy atom. The number of anilines is 4. The van der Waals surface area contributed by atoms with Gasteiger partial charge in [-0.25, -0.2) is 4.98 Å². The summed E-state index contributed by atoms with van der Waals surface area (Å²) in [5, 5.41) is 2.12. The van der Waals surface area contributed by atoms with Crippen LogP contribution in [-0.4, -0.2) is 16.2 Å². The van der Waals surface area contributed by atoms with E-state index in [1.807, 2.05) is 94.9 Å². The topological polar surface area (TPSA) is 33.5 Å². The fourth-order valence-electron chi connectivity index (χ4n) is 8.69. The Hall–Kier alpha value is -7.89. The standard InChI is InChI=1S/C58H46N4O/c1-58(2,3)43-34-35-59-55(36-43)62-54-38-46(32-33-50(54)51-29-17-28-49(57(51)62)42-22-11-6-12-23-42)63-45-25-15-24-44(37-45)60-39-61(53-31-14-13-30-52(53)60)56-47(40-18-7-4-8-19-40)26-16-27-48(56)41-20-9-5-10-21-41/h4-38H,39H2,1-3H3/i4D,5D,7D,8D,9D,10D,18D,19D,20D,21D. The first-order valence-electron chi connectivity index (χ1n) is 25.8. The molecule has 0 atom stereocenters. The van der Waals surface area contributed by atoms with Crippen molar-refractivity contribution in [2.24, 2.45) is 0 Å². The molecule has 0 N–H and O–H groups in total. The fraction of sp³-hybridized carbons (Fsp3) is 0.0862. The maximum atomic E-state index is 9.06. The largest absolute Gasteiger partial charge is 0.457 e. The normalized spacial score (nSPS) is 14.8. The SMILES string of the molecule is [2H]c1c([2H])c([2H])c(-c2cccc(-c3c([2H])c([2H])c([2H])c([2H])c3[2H])c2N2CN(c3cccc(Oc4ccc5c6cccc(-c7ccccc7)c6n(-c6cc(C(C)(C)C)ccn6)c5c4)c3)c3ccccc32)c([2H])c1[2H]. The van der Waals surface area contributed by atoms with E-state index >= 15 is 0 Å². The summed E-state index contributed by atoms with van der Waals surface area (Å²) < 4.78 is 96.3. The lowest BCUT2D eigenvalue weighted by Crippen LogP contribution is -2.24. The molecule has 5 nitrogen and oxygen atoms in total. The second-order valence-corrected chi connectivity index (χ2v) is 16.5. The highest BCUT2D eigenvalue weighted by Gasteiger charge is 2.31. The molecule has 0 bridgehead atoms. The second kappa shape index (κ2) is 15.5. The minimum absolute atomic E-state index is 0.0912. The Morgan fingerprint density at radius 1 is 0.540 bits per heavy atom. The van der Waals surface area contributed by atoms with Gasteiger partial charge in [-0.1, -0.05) is 166 Å². The fourth-order valence-corrected chi connectivity index (χ4v) is 8.69. The van der Waals surface area contributed by atoms with Crippen LogP contribution in [0.2, 0.25) is 0 Å². The summed E-state index contributed by atoms with van der Waals surface area (Å²) in [7, 11) is 0. The summed E-state index contributed by atoms with van der Waals surface area (Å²) in [4.78, 5) is 8.90. The molecule has 63 heavy (non-hydrogen) atoms. The van der Waals surface area contributed by atoms with Crippen molar-refractivity contribution in [3.63, 3.8) is 0 Å². The molecule has 10 aromatic rings. The Balaban J connectivity index is 1.04. The average molecular weight is 825 g/mol. The highest BCUT2D eigenvalue weighted by Crippen LogP contribution is 2.50. The van der Waals surface area contributed by atoms with E-state index in [0.717, 1.165) is 55.7 Å². The molecule has 0 saturated heterocycles. The Morgan fingerprint density at radius 2 is 1.17 bits per heavy atom. The van der Waals surface area contributed by atoms with Gasteiger partial charge >= 0.3 is 0 Å². The minimum atomic E-state index is -0.552. The van der Waals surface area contributed by atoms with Crippen molar-refractivity contribution in [3.05, 3.63) is 218 Å². The van der Waals surface area contributed by atoms with Crippen molar-refractivity contribution in [3.8, 4) is 50.7 Å². The lowest BCUT2D eigenvalue weighted by molar-refractivity contribution is 0.483. The van der Waals surface area contributed by atoms with E-state index in [-0.39, 0.29) is 34.3 Å². The van der Waals surface area contributed by atoms with Gasteiger partial charge in [0.2, 0.25) is 0 Å². The van der Waals surface area contributed by atoms with E-state index in [9.17, 15) is 0 Å². The number of hydrogen-bond donors (Lipinski definition) is 0. The molecule has 3 heterocycles. The molecule has 304 valence electrons. The Labute approximate surface area is 382 Å². The van der Waals surface area contributed by atoms with Crippen LogP contribution >= 0.6 is 0 Å². The monoisotopic (exact) mass is 824 g/mol. The average Bonchev–Trinajstić information content (AvgIpc) is 3.95. The van der Waals surface area contributed by atoms with E-state index in [2.05, 4.69) is 73.9 Å². The summed E-state index contributed by atoms with van der Waals surface area (Å²) in [6, 6.07) is 42.2. The van der Waals surface area contributed by atoms with Gasteiger partial charge < -0.3 is 14.5 Å². The number of hydrogen-bond acceptors (Lipinski definition) is 4. The molecule has 0 amide bonds. The van der Waals surface area contributed by atoms with Crippen LogP contribution in [0, 0.1) is 0 Å². The number of fused-ring (bicyclic) bond motifs is 4. The van der Waals surface area contributed by atoms with Crippen LogP contribution in [0.1, 0.15) is 40.0 Å². The first kappa shape index (κ1) is 28.6. The van der Waals surface area contributed by atoms with E-state index in [1.165, 1.54) is 0 Å². The smallest absolute Gasteiger partial charge is 0.137 e. The predicted octanol–water partition coefficient (Wildman–Crippen LogP) is 15.5. The zero-order valence-electron chi connectivity index (χ0n) is 44.8. The highest BCUT2D eigenvalue weighted by molar-refractivity contribution is 6.14. The quantitative estimate of drug-likeness (QED) is 0.153. The summed E-state index contributed by atoms with van der Waals surface area (Å²) >= 11 is 0. The van der Waals surface area contributed by atoms with Gasteiger partial charge in [-0.2, -0.15) is 0 Å². The van der Waals surface area contributed by atoms with Gasteiger partial charge in [0.05, 0.1) is 41.8 Å². The number of ether oxygens (including phenoxy) is 1. The number of aromatic nitrogens is 2. The maximum absolute atomic E-state index is 9.06. The summed E-state index contributed by atoms with van der Waals surface area (Å²) in [6.45, 7) is 6.69. The molecular weight excluding hydrogens is 769 g/mol. The lowest BCUT2D eigenvalue weighted by Gasteiger charge is -2.27. The van der Waals surface area contributed by atoms with E-state index in [1.54, 1.807) is 18.2 Å². The van der Waals surface area contributed by atoms with Crippen molar-refractivity contribution in [2.75, 3.05) is 16.5 Å². The van der Waals surface area contributed by atoms with E-state index in [4.69, 9.17) is 23.4 Å². The summed E-state index contributed by atoms with van der Waals surface area (Å²) in [5.74, 6) is 1.93. The molecule has 1 aliphatic heterocycles. The van der Waals surface area contributed by atoms with Crippen molar-refractivity contribution in [2.45, 2.75) is 26.2 Å². The predicted molar refractivity (Wildman–Crippen MR) is 262 cm³/mol. The zero-order valence-corrected chi connectivity index (χ0v) is 34.8.